The van der Waals surface area contributed by atoms with E-state index < -0.39 is 12.0 Å². The second-order valence-corrected chi connectivity index (χ2v) is 11.2. The van der Waals surface area contributed by atoms with Crippen molar-refractivity contribution in [3.63, 3.8) is 0 Å². The number of benzene rings is 3. The van der Waals surface area contributed by atoms with Gasteiger partial charge in [-0.2, -0.15) is 4.98 Å². The molecule has 3 N–H and O–H groups in total. The molecule has 0 spiro atoms. The lowest BCUT2D eigenvalue weighted by molar-refractivity contribution is -0.130. The molecule has 11 heteroatoms. The summed E-state index contributed by atoms with van der Waals surface area (Å²) in [6.45, 7) is 3.47. The summed E-state index contributed by atoms with van der Waals surface area (Å²) in [5, 5.41) is 3.74. The van der Waals surface area contributed by atoms with Gasteiger partial charge in [0.05, 0.1) is 18.2 Å². The van der Waals surface area contributed by atoms with E-state index >= 15 is 0 Å². The van der Waals surface area contributed by atoms with Crippen LogP contribution < -0.4 is 16.0 Å². The highest BCUT2D eigenvalue weighted by Gasteiger charge is 2.25. The Morgan fingerprint density at radius 3 is 2.34 bits per heavy atom. The molecule has 11 nitrogen and oxygen atoms in total. The first-order chi connectivity index (χ1) is 21.1. The topological polar surface area (TPSA) is 134 Å². The monoisotopic (exact) mass is 595 g/mol. The number of esters is 1. The second kappa shape index (κ2) is 13.1. The molecule has 5 rings (SSSR count). The molecule has 0 saturated carbocycles. The smallest absolute Gasteiger partial charge is 0.337 e. The maximum atomic E-state index is 13.5. The van der Waals surface area contributed by atoms with Crippen molar-refractivity contribution in [1.82, 2.24) is 25.1 Å². The summed E-state index contributed by atoms with van der Waals surface area (Å²) in [5.41, 5.74) is 10.1. The summed E-state index contributed by atoms with van der Waals surface area (Å²) >= 11 is 0. The van der Waals surface area contributed by atoms with Gasteiger partial charge in [-0.1, -0.05) is 36.4 Å². The molecule has 44 heavy (non-hydrogen) atoms. The van der Waals surface area contributed by atoms with Gasteiger partial charge in [-0.3, -0.25) is 9.59 Å². The lowest BCUT2D eigenvalue weighted by Gasteiger charge is -2.33. The Morgan fingerprint density at radius 1 is 0.932 bits per heavy atom. The highest BCUT2D eigenvalue weighted by Crippen LogP contribution is 2.27. The van der Waals surface area contributed by atoms with Gasteiger partial charge in [-0.25, -0.2) is 9.78 Å². The van der Waals surface area contributed by atoms with E-state index in [2.05, 4.69) is 32.1 Å². The number of nitrogens with two attached hydrogens (primary N) is 1. The highest BCUT2D eigenvalue weighted by molar-refractivity contribution is 6.02. The number of nitrogens with zero attached hydrogens (tertiary/aromatic N) is 5. The fourth-order valence-electron chi connectivity index (χ4n) is 5.30. The number of carbonyl (C=O) groups excluding carboxylic acids is 3. The van der Waals surface area contributed by atoms with E-state index in [-0.39, 0.29) is 17.8 Å². The van der Waals surface area contributed by atoms with E-state index in [1.54, 1.807) is 44.4 Å². The van der Waals surface area contributed by atoms with Crippen molar-refractivity contribution in [1.29, 1.82) is 0 Å². The summed E-state index contributed by atoms with van der Waals surface area (Å²) < 4.78 is 4.83. The molecule has 2 amide bonds. The minimum atomic E-state index is -0.793. The van der Waals surface area contributed by atoms with Gasteiger partial charge in [0.2, 0.25) is 11.9 Å². The van der Waals surface area contributed by atoms with Crippen molar-refractivity contribution in [2.24, 2.45) is 0 Å². The molecule has 1 atom stereocenters. The van der Waals surface area contributed by atoms with Crippen LogP contribution in [0.4, 0.5) is 11.8 Å². The van der Waals surface area contributed by atoms with Crippen LogP contribution in [0.5, 0.6) is 0 Å². The number of amides is 2. The van der Waals surface area contributed by atoms with Gasteiger partial charge in [-0.05, 0) is 54.1 Å². The molecule has 2 heterocycles. The van der Waals surface area contributed by atoms with Gasteiger partial charge in [-0.15, -0.1) is 0 Å². The SMILES string of the molecule is COC(=O)c1cccc(-c2ccc(CC(NC(=O)c3ccc4c(N5CCN(C)CC5)nc(N)nc4c3)C(=O)N(C)C)cc2)c1. The number of ether oxygens (including phenoxy) is 1. The number of fused-ring (bicyclic) bond motifs is 1. The summed E-state index contributed by atoms with van der Waals surface area (Å²) in [5.74, 6) is -0.111. The number of likely N-dealkylation sites (N-methyl/N-ethyl adjacent to an activating group) is 2. The van der Waals surface area contributed by atoms with Gasteiger partial charge in [0, 0.05) is 57.6 Å². The maximum absolute atomic E-state index is 13.5. The van der Waals surface area contributed by atoms with Crippen LogP contribution in [0.15, 0.2) is 66.7 Å². The van der Waals surface area contributed by atoms with E-state index in [0.29, 0.717) is 23.1 Å². The number of hydrogen-bond donors (Lipinski definition) is 2. The quantitative estimate of drug-likeness (QED) is 0.295. The number of rotatable bonds is 8. The van der Waals surface area contributed by atoms with Crippen molar-refractivity contribution >= 4 is 40.5 Å². The Balaban J connectivity index is 1.35. The van der Waals surface area contributed by atoms with Crippen LogP contribution in [-0.2, 0) is 16.0 Å². The predicted octanol–water partition coefficient (Wildman–Crippen LogP) is 2.85. The van der Waals surface area contributed by atoms with Crippen molar-refractivity contribution in [2.45, 2.75) is 12.5 Å². The highest BCUT2D eigenvalue weighted by atomic mass is 16.5. The van der Waals surface area contributed by atoms with E-state index in [0.717, 1.165) is 54.1 Å². The van der Waals surface area contributed by atoms with Crippen molar-refractivity contribution in [3.8, 4) is 11.1 Å². The first-order valence-corrected chi connectivity index (χ1v) is 14.4. The molecule has 1 aliphatic rings. The number of anilines is 2. The fourth-order valence-corrected chi connectivity index (χ4v) is 5.30. The Morgan fingerprint density at radius 2 is 1.66 bits per heavy atom. The summed E-state index contributed by atoms with van der Waals surface area (Å²) in [6, 6.07) is 19.3. The summed E-state index contributed by atoms with van der Waals surface area (Å²) in [7, 11) is 6.76. The van der Waals surface area contributed by atoms with Crippen LogP contribution in [0, 0.1) is 0 Å². The lowest BCUT2D eigenvalue weighted by Crippen LogP contribution is -2.47. The molecule has 228 valence electrons. The fraction of sp³-hybridized carbons (Fsp3) is 0.303. The largest absolute Gasteiger partial charge is 0.465 e. The zero-order valence-electron chi connectivity index (χ0n) is 25.4. The van der Waals surface area contributed by atoms with E-state index in [9.17, 15) is 14.4 Å². The summed E-state index contributed by atoms with van der Waals surface area (Å²) in [6.07, 6.45) is 0.293. The molecular weight excluding hydrogens is 558 g/mol. The van der Waals surface area contributed by atoms with Crippen LogP contribution in [-0.4, -0.2) is 98.0 Å². The lowest BCUT2D eigenvalue weighted by atomic mass is 9.99. The van der Waals surface area contributed by atoms with E-state index in [1.807, 2.05) is 36.4 Å². The maximum Gasteiger partial charge on any atom is 0.337 e. The van der Waals surface area contributed by atoms with Gasteiger partial charge in [0.25, 0.3) is 5.91 Å². The van der Waals surface area contributed by atoms with Gasteiger partial charge in [0.15, 0.2) is 0 Å². The zero-order valence-corrected chi connectivity index (χ0v) is 25.4. The number of piperazine rings is 1. The Labute approximate surface area is 256 Å². The van der Waals surface area contributed by atoms with Crippen LogP contribution in [0.2, 0.25) is 0 Å². The average Bonchev–Trinajstić information content (AvgIpc) is 3.03. The third-order valence-electron chi connectivity index (χ3n) is 7.81. The minimum absolute atomic E-state index is 0.144. The standard InChI is InChI=1S/C33H37N7O4/c1-38(2)31(42)28(18-21-8-10-22(11-9-21)23-6-5-7-25(19-23)32(43)44-4)35-30(41)24-12-13-26-27(20-24)36-33(34)37-29(26)40-16-14-39(3)15-17-40/h5-13,19-20,28H,14-18H2,1-4H3,(H,35,41)(H2,34,36,37). The number of nitrogen functional groups attached to an aromatic ring is 1. The zero-order chi connectivity index (χ0) is 31.4. The number of aromatic nitrogens is 2. The average molecular weight is 596 g/mol. The second-order valence-electron chi connectivity index (χ2n) is 11.2. The molecule has 0 aliphatic carbocycles. The minimum Gasteiger partial charge on any atom is -0.465 e. The number of nitrogens with one attached hydrogen (secondary N) is 1. The van der Waals surface area contributed by atoms with Crippen molar-refractivity contribution in [3.05, 3.63) is 83.4 Å². The number of hydrogen-bond acceptors (Lipinski definition) is 9. The molecule has 0 bridgehead atoms. The van der Waals surface area contributed by atoms with Crippen molar-refractivity contribution in [2.75, 3.05) is 65.1 Å². The molecular formula is C33H37N7O4. The number of carbonyl (C=O) groups is 3. The summed E-state index contributed by atoms with van der Waals surface area (Å²) in [4.78, 5) is 53.4. The number of methoxy groups -OCH3 is 1. The van der Waals surface area contributed by atoms with Crippen LogP contribution >= 0.6 is 0 Å². The van der Waals surface area contributed by atoms with Gasteiger partial charge in [0.1, 0.15) is 11.9 Å². The van der Waals surface area contributed by atoms with Gasteiger partial charge >= 0.3 is 5.97 Å². The van der Waals surface area contributed by atoms with Crippen LogP contribution in [0.3, 0.4) is 0 Å². The molecule has 1 fully saturated rings. The van der Waals surface area contributed by atoms with Crippen LogP contribution in [0.25, 0.3) is 22.0 Å². The normalized spacial score (nSPS) is 14.2. The molecule has 4 aromatic rings. The molecule has 3 aromatic carbocycles. The Bertz CT molecular complexity index is 1680. The predicted molar refractivity (Wildman–Crippen MR) is 171 cm³/mol. The third kappa shape index (κ3) is 6.78. The molecule has 1 saturated heterocycles. The van der Waals surface area contributed by atoms with Gasteiger partial charge < -0.3 is 30.5 Å². The van der Waals surface area contributed by atoms with E-state index in [1.165, 1.54) is 12.0 Å². The molecule has 1 aromatic heterocycles. The molecule has 1 unspecified atom stereocenters. The molecule has 1 aliphatic heterocycles. The van der Waals surface area contributed by atoms with Crippen molar-refractivity contribution < 1.29 is 19.1 Å². The first-order valence-electron chi connectivity index (χ1n) is 14.4. The Kier molecular flexibility index (Phi) is 9.05. The van der Waals surface area contributed by atoms with E-state index in [4.69, 9.17) is 10.5 Å². The van der Waals surface area contributed by atoms with Crippen LogP contribution in [0.1, 0.15) is 26.3 Å². The first kappa shape index (κ1) is 30.4. The Hall–Kier alpha value is -5.03. The molecule has 0 radical (unpaired) electrons. The third-order valence-corrected chi connectivity index (χ3v) is 7.81.